The number of carbonyl (C=O) groups is 1. The van der Waals surface area contributed by atoms with Gasteiger partial charge in [0.1, 0.15) is 24.7 Å². The third-order valence-electron chi connectivity index (χ3n) is 2.67. The van der Waals surface area contributed by atoms with Gasteiger partial charge in [-0.3, -0.25) is 0 Å². The second kappa shape index (κ2) is 7.79. The van der Waals surface area contributed by atoms with Crippen LogP contribution in [-0.2, 0) is 11.3 Å². The summed E-state index contributed by atoms with van der Waals surface area (Å²) in [5.41, 5.74) is 0.934. The zero-order valence-corrected chi connectivity index (χ0v) is 11.5. The number of nitrogens with one attached hydrogen (secondary N) is 1. The zero-order chi connectivity index (χ0) is 14.9. The molecule has 110 valence electrons. The molecule has 5 nitrogen and oxygen atoms in total. The van der Waals surface area contributed by atoms with E-state index in [-0.39, 0.29) is 12.4 Å². The molecule has 0 unspecified atom stereocenters. The molecule has 5 heteroatoms. The summed E-state index contributed by atoms with van der Waals surface area (Å²) in [6, 6.07) is 15.9. The molecule has 0 aromatic heterocycles. The molecule has 0 aliphatic carbocycles. The van der Waals surface area contributed by atoms with Gasteiger partial charge in [0.2, 0.25) is 0 Å². The summed E-state index contributed by atoms with van der Waals surface area (Å²) >= 11 is 0. The molecule has 0 aliphatic heterocycles. The number of phenols is 1. The van der Waals surface area contributed by atoms with E-state index < -0.39 is 6.09 Å². The summed E-state index contributed by atoms with van der Waals surface area (Å²) in [6.07, 6.45) is -0.488. The molecule has 2 aromatic carbocycles. The average molecular weight is 287 g/mol. The molecule has 2 aromatic rings. The fourth-order valence-corrected chi connectivity index (χ4v) is 1.67. The molecule has 0 heterocycles. The van der Waals surface area contributed by atoms with Gasteiger partial charge in [-0.1, -0.05) is 36.4 Å². The third-order valence-corrected chi connectivity index (χ3v) is 2.67. The van der Waals surface area contributed by atoms with Crippen LogP contribution in [0.1, 0.15) is 5.56 Å². The summed E-state index contributed by atoms with van der Waals surface area (Å²) in [7, 11) is 0. The fourth-order valence-electron chi connectivity index (χ4n) is 1.67. The van der Waals surface area contributed by atoms with Gasteiger partial charge in [-0.15, -0.1) is 0 Å². The molecule has 1 amide bonds. The number of benzene rings is 2. The normalized spacial score (nSPS) is 9.90. The van der Waals surface area contributed by atoms with E-state index in [0.717, 1.165) is 5.56 Å². The maximum absolute atomic E-state index is 11.5. The molecule has 0 saturated carbocycles. The molecular weight excluding hydrogens is 270 g/mol. The molecule has 2 rings (SSSR count). The Balaban J connectivity index is 1.61. The number of alkyl carbamates (subject to hydrolysis) is 1. The standard InChI is InChI=1S/C16H17NO4/c18-14-7-4-8-15(11-14)20-10-9-17-16(19)21-12-13-5-2-1-3-6-13/h1-8,11,18H,9-10,12H2,(H,17,19). The molecule has 0 spiro atoms. The lowest BCUT2D eigenvalue weighted by molar-refractivity contribution is 0.137. The Morgan fingerprint density at radius 3 is 2.67 bits per heavy atom. The maximum atomic E-state index is 11.5. The van der Waals surface area contributed by atoms with Gasteiger partial charge >= 0.3 is 6.09 Å². The van der Waals surface area contributed by atoms with Crippen LogP contribution >= 0.6 is 0 Å². The van der Waals surface area contributed by atoms with Crippen molar-refractivity contribution in [3.8, 4) is 11.5 Å². The summed E-state index contributed by atoms with van der Waals surface area (Å²) in [4.78, 5) is 11.5. The van der Waals surface area contributed by atoms with E-state index >= 15 is 0 Å². The van der Waals surface area contributed by atoms with Crippen molar-refractivity contribution in [3.05, 3.63) is 60.2 Å². The van der Waals surface area contributed by atoms with Gasteiger partial charge < -0.3 is 19.9 Å². The first-order valence-corrected chi connectivity index (χ1v) is 6.60. The second-order valence-electron chi connectivity index (χ2n) is 4.33. The summed E-state index contributed by atoms with van der Waals surface area (Å²) in [5.74, 6) is 0.692. The van der Waals surface area contributed by atoms with Crippen LogP contribution in [0.4, 0.5) is 4.79 Å². The Morgan fingerprint density at radius 1 is 1.10 bits per heavy atom. The van der Waals surface area contributed by atoms with E-state index in [1.807, 2.05) is 30.3 Å². The van der Waals surface area contributed by atoms with Crippen molar-refractivity contribution >= 4 is 6.09 Å². The Bertz CT molecular complexity index is 571. The number of ether oxygens (including phenoxy) is 2. The number of hydrogen-bond donors (Lipinski definition) is 2. The monoisotopic (exact) mass is 287 g/mol. The minimum Gasteiger partial charge on any atom is -0.508 e. The van der Waals surface area contributed by atoms with E-state index in [4.69, 9.17) is 9.47 Å². The first-order chi connectivity index (χ1) is 10.2. The summed E-state index contributed by atoms with van der Waals surface area (Å²) in [5, 5.41) is 11.9. The molecule has 0 saturated heterocycles. The van der Waals surface area contributed by atoms with Crippen molar-refractivity contribution in [2.24, 2.45) is 0 Å². The van der Waals surface area contributed by atoms with Crippen LogP contribution in [0.3, 0.4) is 0 Å². The zero-order valence-electron chi connectivity index (χ0n) is 11.5. The van der Waals surface area contributed by atoms with Crippen LogP contribution in [0.15, 0.2) is 54.6 Å². The smallest absolute Gasteiger partial charge is 0.407 e. The predicted octanol–water partition coefficient (Wildman–Crippen LogP) is 2.70. The van der Waals surface area contributed by atoms with Gasteiger partial charge in [0.05, 0.1) is 6.54 Å². The maximum Gasteiger partial charge on any atom is 0.407 e. The summed E-state index contributed by atoms with van der Waals surface area (Å²) in [6.45, 7) is 0.854. The van der Waals surface area contributed by atoms with Gasteiger partial charge in [-0.25, -0.2) is 4.79 Å². The first-order valence-electron chi connectivity index (χ1n) is 6.60. The predicted molar refractivity (Wildman–Crippen MR) is 78.2 cm³/mol. The topological polar surface area (TPSA) is 67.8 Å². The first kappa shape index (κ1) is 14.7. The Hall–Kier alpha value is -2.69. The van der Waals surface area contributed by atoms with Crippen molar-refractivity contribution < 1.29 is 19.4 Å². The van der Waals surface area contributed by atoms with Gasteiger partial charge in [0.25, 0.3) is 0 Å². The molecule has 2 N–H and O–H groups in total. The molecular formula is C16H17NO4. The van der Waals surface area contributed by atoms with Gasteiger partial charge in [0, 0.05) is 6.07 Å². The van der Waals surface area contributed by atoms with Crippen molar-refractivity contribution in [3.63, 3.8) is 0 Å². The minimum atomic E-state index is -0.488. The lowest BCUT2D eigenvalue weighted by atomic mass is 10.2. The number of phenolic OH excluding ortho intramolecular Hbond substituents is 1. The van der Waals surface area contributed by atoms with Crippen LogP contribution in [-0.4, -0.2) is 24.4 Å². The number of amides is 1. The van der Waals surface area contributed by atoms with Gasteiger partial charge in [-0.2, -0.15) is 0 Å². The largest absolute Gasteiger partial charge is 0.508 e. The Morgan fingerprint density at radius 2 is 1.90 bits per heavy atom. The third kappa shape index (κ3) is 5.44. The number of hydrogen-bond acceptors (Lipinski definition) is 4. The van der Waals surface area contributed by atoms with E-state index in [0.29, 0.717) is 18.9 Å². The highest BCUT2D eigenvalue weighted by molar-refractivity contribution is 5.67. The average Bonchev–Trinajstić information content (AvgIpc) is 2.51. The van der Waals surface area contributed by atoms with E-state index in [1.165, 1.54) is 6.07 Å². The van der Waals surface area contributed by atoms with E-state index in [1.54, 1.807) is 18.2 Å². The van der Waals surface area contributed by atoms with Gasteiger partial charge in [-0.05, 0) is 17.7 Å². The lowest BCUT2D eigenvalue weighted by Crippen LogP contribution is -2.28. The lowest BCUT2D eigenvalue weighted by Gasteiger charge is -2.08. The van der Waals surface area contributed by atoms with Crippen LogP contribution in [0.2, 0.25) is 0 Å². The Labute approximate surface area is 123 Å². The van der Waals surface area contributed by atoms with Gasteiger partial charge in [0.15, 0.2) is 0 Å². The molecule has 0 fully saturated rings. The molecule has 21 heavy (non-hydrogen) atoms. The van der Waals surface area contributed by atoms with Crippen molar-refractivity contribution in [1.82, 2.24) is 5.32 Å². The fraction of sp³-hybridized carbons (Fsp3) is 0.188. The minimum absolute atomic E-state index is 0.141. The highest BCUT2D eigenvalue weighted by atomic mass is 16.5. The van der Waals surface area contributed by atoms with Crippen LogP contribution in [0.25, 0.3) is 0 Å². The van der Waals surface area contributed by atoms with Crippen LogP contribution in [0.5, 0.6) is 11.5 Å². The summed E-state index contributed by atoms with van der Waals surface area (Å²) < 4.78 is 10.4. The molecule has 0 aliphatic rings. The second-order valence-corrected chi connectivity index (χ2v) is 4.33. The number of carbonyl (C=O) groups excluding carboxylic acids is 1. The quantitative estimate of drug-likeness (QED) is 0.802. The number of rotatable bonds is 6. The SMILES string of the molecule is O=C(NCCOc1cccc(O)c1)OCc1ccccc1. The van der Waals surface area contributed by atoms with Crippen molar-refractivity contribution in [1.29, 1.82) is 0 Å². The van der Waals surface area contributed by atoms with E-state index in [2.05, 4.69) is 5.32 Å². The van der Waals surface area contributed by atoms with E-state index in [9.17, 15) is 9.90 Å². The highest BCUT2D eigenvalue weighted by Crippen LogP contribution is 2.17. The van der Waals surface area contributed by atoms with Crippen LogP contribution in [0, 0.1) is 0 Å². The molecule has 0 radical (unpaired) electrons. The van der Waals surface area contributed by atoms with Crippen molar-refractivity contribution in [2.75, 3.05) is 13.2 Å². The highest BCUT2D eigenvalue weighted by Gasteiger charge is 2.02. The van der Waals surface area contributed by atoms with Crippen molar-refractivity contribution in [2.45, 2.75) is 6.61 Å². The molecule has 0 atom stereocenters. The Kier molecular flexibility index (Phi) is 5.46. The molecule has 0 bridgehead atoms. The van der Waals surface area contributed by atoms with Crippen LogP contribution < -0.4 is 10.1 Å². The number of aromatic hydroxyl groups is 1.